The lowest BCUT2D eigenvalue weighted by Gasteiger charge is -2.20. The molecule has 1 saturated carbocycles. The van der Waals surface area contributed by atoms with Gasteiger partial charge in [-0.05, 0) is 26.2 Å². The molecule has 2 fully saturated rings. The lowest BCUT2D eigenvalue weighted by atomic mass is 10.1. The first kappa shape index (κ1) is 12.9. The van der Waals surface area contributed by atoms with Crippen LogP contribution in [0.15, 0.2) is 0 Å². The van der Waals surface area contributed by atoms with Crippen molar-refractivity contribution in [2.45, 2.75) is 76.9 Å². The fourth-order valence-electron chi connectivity index (χ4n) is 2.83. The molecule has 0 aromatic heterocycles. The minimum atomic E-state index is -0.123. The minimum Gasteiger partial charge on any atom is -0.326 e. The molecule has 0 aromatic carbocycles. The summed E-state index contributed by atoms with van der Waals surface area (Å²) >= 11 is 0. The van der Waals surface area contributed by atoms with Crippen LogP contribution in [0.1, 0.15) is 65.2 Å². The Balaban J connectivity index is 1.64. The molecule has 1 atom stereocenters. The third-order valence-electron chi connectivity index (χ3n) is 4.13. The van der Waals surface area contributed by atoms with Gasteiger partial charge in [-0.1, -0.05) is 39.0 Å². The quantitative estimate of drug-likeness (QED) is 0.692. The second kappa shape index (κ2) is 5.38. The molecule has 1 spiro atoms. The van der Waals surface area contributed by atoms with E-state index in [0.717, 1.165) is 25.8 Å². The largest absolute Gasteiger partial charge is 0.326 e. The zero-order chi connectivity index (χ0) is 12.3. The Kier molecular flexibility index (Phi) is 4.08. The molecule has 1 amide bonds. The lowest BCUT2D eigenvalue weighted by Crippen LogP contribution is -2.35. The molecule has 17 heavy (non-hydrogen) atoms. The number of amides is 1. The fraction of sp³-hybridized carbons (Fsp3) is 0.929. The normalized spacial score (nSPS) is 25.9. The predicted octanol–water partition coefficient (Wildman–Crippen LogP) is 2.66. The summed E-state index contributed by atoms with van der Waals surface area (Å²) in [7, 11) is 0. The van der Waals surface area contributed by atoms with E-state index >= 15 is 0 Å². The van der Waals surface area contributed by atoms with E-state index in [0.29, 0.717) is 5.91 Å². The monoisotopic (exact) mass is 238 g/mol. The van der Waals surface area contributed by atoms with Gasteiger partial charge in [-0.3, -0.25) is 10.1 Å². The van der Waals surface area contributed by atoms with Crippen molar-refractivity contribution < 1.29 is 4.79 Å². The highest BCUT2D eigenvalue weighted by Crippen LogP contribution is 2.41. The molecule has 98 valence electrons. The van der Waals surface area contributed by atoms with Gasteiger partial charge in [0.1, 0.15) is 0 Å². The molecule has 2 rings (SSSR count). The molecular formula is C14H26N2O. The van der Waals surface area contributed by atoms with E-state index in [1.807, 2.05) is 4.90 Å². The molecule has 1 heterocycles. The van der Waals surface area contributed by atoms with Gasteiger partial charge < -0.3 is 4.90 Å². The fourth-order valence-corrected chi connectivity index (χ4v) is 2.83. The molecule has 2 aliphatic rings. The van der Waals surface area contributed by atoms with Crippen LogP contribution in [0.5, 0.6) is 0 Å². The summed E-state index contributed by atoms with van der Waals surface area (Å²) in [5, 5.41) is 3.44. The van der Waals surface area contributed by atoms with Gasteiger partial charge in [0.2, 0.25) is 5.91 Å². The van der Waals surface area contributed by atoms with Crippen molar-refractivity contribution in [2.24, 2.45) is 0 Å². The molecule has 1 unspecified atom stereocenters. The number of carbonyl (C=O) groups is 1. The first-order valence-electron chi connectivity index (χ1n) is 7.28. The van der Waals surface area contributed by atoms with Crippen LogP contribution < -0.4 is 5.32 Å². The van der Waals surface area contributed by atoms with Gasteiger partial charge in [0, 0.05) is 6.54 Å². The summed E-state index contributed by atoms with van der Waals surface area (Å²) in [6.45, 7) is 5.30. The van der Waals surface area contributed by atoms with Crippen LogP contribution in [0.4, 0.5) is 0 Å². The smallest absolute Gasteiger partial charge is 0.244 e. The minimum absolute atomic E-state index is 0.123. The Morgan fingerprint density at radius 3 is 2.47 bits per heavy atom. The van der Waals surface area contributed by atoms with Crippen molar-refractivity contribution >= 4 is 5.91 Å². The van der Waals surface area contributed by atoms with Gasteiger partial charge in [-0.2, -0.15) is 0 Å². The Hall–Kier alpha value is -0.570. The summed E-state index contributed by atoms with van der Waals surface area (Å²) in [5.41, 5.74) is -0.123. The number of hydrogen-bond acceptors (Lipinski definition) is 2. The van der Waals surface area contributed by atoms with E-state index in [1.54, 1.807) is 0 Å². The summed E-state index contributed by atoms with van der Waals surface area (Å²) in [6.07, 6.45) is 10.1. The number of nitrogens with zero attached hydrogens (tertiary/aromatic N) is 1. The van der Waals surface area contributed by atoms with Crippen molar-refractivity contribution in [2.75, 3.05) is 6.54 Å². The summed E-state index contributed by atoms with van der Waals surface area (Å²) < 4.78 is 0. The molecular weight excluding hydrogens is 212 g/mol. The second-order valence-corrected chi connectivity index (χ2v) is 5.67. The maximum absolute atomic E-state index is 12.1. The third kappa shape index (κ3) is 2.82. The van der Waals surface area contributed by atoms with Gasteiger partial charge in [-0.15, -0.1) is 0 Å². The Morgan fingerprint density at radius 1 is 1.24 bits per heavy atom. The molecule has 0 radical (unpaired) electrons. The first-order chi connectivity index (χ1) is 8.19. The standard InChI is InChI=1S/C14H26N2O/c1-3-4-5-6-7-8-11-16-12(2)15-14(9-10-14)13(16)17/h12,15H,3-11H2,1-2H3. The number of nitrogens with one attached hydrogen (secondary N) is 1. The molecule has 1 aliphatic carbocycles. The van der Waals surface area contributed by atoms with E-state index in [-0.39, 0.29) is 11.7 Å². The van der Waals surface area contributed by atoms with Gasteiger partial charge in [0.05, 0.1) is 11.7 Å². The van der Waals surface area contributed by atoms with E-state index in [1.165, 1.54) is 32.1 Å². The van der Waals surface area contributed by atoms with Crippen LogP contribution in [0, 0.1) is 0 Å². The topological polar surface area (TPSA) is 32.3 Å². The number of rotatable bonds is 7. The van der Waals surface area contributed by atoms with Crippen molar-refractivity contribution in [3.63, 3.8) is 0 Å². The maximum atomic E-state index is 12.1. The predicted molar refractivity (Wildman–Crippen MR) is 69.7 cm³/mol. The van der Waals surface area contributed by atoms with Gasteiger partial charge in [0.25, 0.3) is 0 Å². The average Bonchev–Trinajstić information content (AvgIpc) is 3.03. The van der Waals surface area contributed by atoms with E-state index in [4.69, 9.17) is 0 Å². The Bertz CT molecular complexity index is 273. The average molecular weight is 238 g/mol. The van der Waals surface area contributed by atoms with Gasteiger partial charge in [-0.25, -0.2) is 0 Å². The highest BCUT2D eigenvalue weighted by molar-refractivity contribution is 5.91. The maximum Gasteiger partial charge on any atom is 0.244 e. The van der Waals surface area contributed by atoms with Crippen LogP contribution in [-0.4, -0.2) is 29.1 Å². The van der Waals surface area contributed by atoms with Crippen LogP contribution in [0.2, 0.25) is 0 Å². The van der Waals surface area contributed by atoms with E-state index in [2.05, 4.69) is 19.2 Å². The van der Waals surface area contributed by atoms with Crippen LogP contribution >= 0.6 is 0 Å². The highest BCUT2D eigenvalue weighted by Gasteiger charge is 2.57. The SMILES string of the molecule is CCCCCCCCN1C(=O)C2(CC2)NC1C. The highest BCUT2D eigenvalue weighted by atomic mass is 16.2. The molecule has 0 aromatic rings. The van der Waals surface area contributed by atoms with E-state index in [9.17, 15) is 4.79 Å². The molecule has 0 bridgehead atoms. The molecule has 1 saturated heterocycles. The zero-order valence-corrected chi connectivity index (χ0v) is 11.3. The zero-order valence-electron chi connectivity index (χ0n) is 11.3. The van der Waals surface area contributed by atoms with E-state index < -0.39 is 0 Å². The Morgan fingerprint density at radius 2 is 1.88 bits per heavy atom. The van der Waals surface area contributed by atoms with Crippen LogP contribution in [-0.2, 0) is 4.79 Å². The molecule has 3 nitrogen and oxygen atoms in total. The summed E-state index contributed by atoms with van der Waals surface area (Å²) in [5.74, 6) is 0.360. The van der Waals surface area contributed by atoms with Crippen molar-refractivity contribution in [1.29, 1.82) is 0 Å². The Labute approximate surface area is 105 Å². The molecule has 1 aliphatic heterocycles. The van der Waals surface area contributed by atoms with Crippen LogP contribution in [0.3, 0.4) is 0 Å². The molecule has 1 N–H and O–H groups in total. The number of hydrogen-bond donors (Lipinski definition) is 1. The second-order valence-electron chi connectivity index (χ2n) is 5.67. The summed E-state index contributed by atoms with van der Waals surface area (Å²) in [4.78, 5) is 14.2. The number of unbranched alkanes of at least 4 members (excludes halogenated alkanes) is 5. The van der Waals surface area contributed by atoms with Crippen molar-refractivity contribution in [3.05, 3.63) is 0 Å². The molecule has 3 heteroatoms. The van der Waals surface area contributed by atoms with Gasteiger partial charge in [0.15, 0.2) is 0 Å². The van der Waals surface area contributed by atoms with Crippen molar-refractivity contribution in [3.8, 4) is 0 Å². The third-order valence-corrected chi connectivity index (χ3v) is 4.13. The van der Waals surface area contributed by atoms with Crippen molar-refractivity contribution in [1.82, 2.24) is 10.2 Å². The summed E-state index contributed by atoms with van der Waals surface area (Å²) in [6, 6.07) is 0. The number of carbonyl (C=O) groups excluding carboxylic acids is 1. The lowest BCUT2D eigenvalue weighted by molar-refractivity contribution is -0.130. The first-order valence-corrected chi connectivity index (χ1v) is 7.28. The van der Waals surface area contributed by atoms with Crippen LogP contribution in [0.25, 0.3) is 0 Å². The van der Waals surface area contributed by atoms with Gasteiger partial charge >= 0.3 is 0 Å².